The first kappa shape index (κ1) is 13.6. The van der Waals surface area contributed by atoms with Gasteiger partial charge in [0, 0.05) is 25.2 Å². The van der Waals surface area contributed by atoms with Crippen molar-refractivity contribution >= 4 is 10.0 Å². The van der Waals surface area contributed by atoms with Gasteiger partial charge in [0.2, 0.25) is 10.0 Å². The standard InChI is InChI=1S/C12H20N2O3S/c1-18(15,16)14-5-2-3-11(9-14)7-13-8-12-4-6-17-10-12/h4,6,10-11,13H,2-3,5,7-9H2,1H3. The Morgan fingerprint density at radius 3 is 3.06 bits per heavy atom. The Balaban J connectivity index is 1.76. The van der Waals surface area contributed by atoms with Crippen molar-refractivity contribution in [2.45, 2.75) is 19.4 Å². The smallest absolute Gasteiger partial charge is 0.211 e. The SMILES string of the molecule is CS(=O)(=O)N1CCCC(CNCc2ccoc2)C1. The van der Waals surface area contributed by atoms with Gasteiger partial charge >= 0.3 is 0 Å². The predicted molar refractivity (Wildman–Crippen MR) is 69.6 cm³/mol. The van der Waals surface area contributed by atoms with Gasteiger partial charge in [0.05, 0.1) is 18.8 Å². The number of sulfonamides is 1. The van der Waals surface area contributed by atoms with Gasteiger partial charge in [-0.1, -0.05) is 0 Å². The van der Waals surface area contributed by atoms with E-state index in [9.17, 15) is 8.42 Å². The molecule has 1 unspecified atom stereocenters. The lowest BCUT2D eigenvalue weighted by atomic mass is 10.00. The molecule has 0 spiro atoms. The summed E-state index contributed by atoms with van der Waals surface area (Å²) in [7, 11) is -3.04. The van der Waals surface area contributed by atoms with Crippen LogP contribution in [0.1, 0.15) is 18.4 Å². The monoisotopic (exact) mass is 272 g/mol. The zero-order chi connectivity index (χ0) is 13.0. The van der Waals surface area contributed by atoms with Crippen molar-refractivity contribution < 1.29 is 12.8 Å². The molecule has 0 bridgehead atoms. The Morgan fingerprint density at radius 2 is 2.39 bits per heavy atom. The zero-order valence-electron chi connectivity index (χ0n) is 10.6. The Morgan fingerprint density at radius 1 is 1.56 bits per heavy atom. The first-order valence-electron chi connectivity index (χ1n) is 6.22. The lowest BCUT2D eigenvalue weighted by molar-refractivity contribution is 0.261. The van der Waals surface area contributed by atoms with E-state index >= 15 is 0 Å². The maximum absolute atomic E-state index is 11.5. The molecular formula is C12H20N2O3S. The highest BCUT2D eigenvalue weighted by Gasteiger charge is 2.25. The molecule has 0 radical (unpaired) electrons. The molecule has 0 amide bonds. The van der Waals surface area contributed by atoms with Gasteiger partial charge in [-0.2, -0.15) is 0 Å². The largest absolute Gasteiger partial charge is 0.472 e. The molecule has 1 aromatic heterocycles. The number of nitrogens with zero attached hydrogens (tertiary/aromatic N) is 1. The van der Waals surface area contributed by atoms with Gasteiger partial charge in [0.1, 0.15) is 0 Å². The summed E-state index contributed by atoms with van der Waals surface area (Å²) in [5.74, 6) is 0.403. The zero-order valence-corrected chi connectivity index (χ0v) is 11.4. The van der Waals surface area contributed by atoms with Crippen molar-refractivity contribution in [1.82, 2.24) is 9.62 Å². The first-order valence-corrected chi connectivity index (χ1v) is 8.07. The van der Waals surface area contributed by atoms with Gasteiger partial charge in [-0.05, 0) is 31.4 Å². The van der Waals surface area contributed by atoms with E-state index < -0.39 is 10.0 Å². The summed E-state index contributed by atoms with van der Waals surface area (Å²) in [6, 6.07) is 1.93. The van der Waals surface area contributed by atoms with E-state index in [1.165, 1.54) is 6.26 Å². The Hall–Kier alpha value is -0.850. The van der Waals surface area contributed by atoms with Crippen LogP contribution in [0.5, 0.6) is 0 Å². The molecule has 1 aliphatic heterocycles. The van der Waals surface area contributed by atoms with E-state index in [-0.39, 0.29) is 0 Å². The Bertz CT molecular complexity index is 456. The average Bonchev–Trinajstić information content (AvgIpc) is 2.81. The number of hydrogen-bond donors (Lipinski definition) is 1. The molecule has 18 heavy (non-hydrogen) atoms. The topological polar surface area (TPSA) is 62.6 Å². The van der Waals surface area contributed by atoms with Crippen LogP contribution < -0.4 is 5.32 Å². The number of hydrogen-bond acceptors (Lipinski definition) is 4. The molecule has 1 fully saturated rings. The molecule has 0 aliphatic carbocycles. The van der Waals surface area contributed by atoms with Gasteiger partial charge in [0.25, 0.3) is 0 Å². The maximum atomic E-state index is 11.5. The second-order valence-electron chi connectivity index (χ2n) is 4.89. The van der Waals surface area contributed by atoms with E-state index in [0.717, 1.165) is 31.5 Å². The summed E-state index contributed by atoms with van der Waals surface area (Å²) >= 11 is 0. The summed E-state index contributed by atoms with van der Waals surface area (Å²) < 4.78 is 29.5. The molecule has 1 aliphatic rings. The highest BCUT2D eigenvalue weighted by Crippen LogP contribution is 2.18. The summed E-state index contributed by atoms with van der Waals surface area (Å²) in [5.41, 5.74) is 1.12. The third kappa shape index (κ3) is 3.83. The maximum Gasteiger partial charge on any atom is 0.211 e. The first-order chi connectivity index (χ1) is 8.55. The van der Waals surface area contributed by atoms with Crippen molar-refractivity contribution in [1.29, 1.82) is 0 Å². The molecule has 1 atom stereocenters. The van der Waals surface area contributed by atoms with Crippen LogP contribution in [-0.2, 0) is 16.6 Å². The highest BCUT2D eigenvalue weighted by atomic mass is 32.2. The summed E-state index contributed by atoms with van der Waals surface area (Å²) in [6.45, 7) is 2.91. The van der Waals surface area contributed by atoms with Gasteiger partial charge in [-0.15, -0.1) is 0 Å². The predicted octanol–water partition coefficient (Wildman–Crippen LogP) is 1.04. The average molecular weight is 272 g/mol. The van der Waals surface area contributed by atoms with E-state index in [0.29, 0.717) is 19.0 Å². The molecule has 102 valence electrons. The summed E-state index contributed by atoms with van der Waals surface area (Å²) in [4.78, 5) is 0. The van der Waals surface area contributed by atoms with E-state index in [2.05, 4.69) is 5.32 Å². The van der Waals surface area contributed by atoms with Crippen LogP contribution in [0, 0.1) is 5.92 Å². The fourth-order valence-electron chi connectivity index (χ4n) is 2.31. The lowest BCUT2D eigenvalue weighted by Gasteiger charge is -2.31. The molecule has 2 heterocycles. The van der Waals surface area contributed by atoms with Crippen LogP contribution in [-0.4, -0.2) is 38.6 Å². The van der Waals surface area contributed by atoms with E-state index in [4.69, 9.17) is 4.42 Å². The number of rotatable bonds is 5. The fraction of sp³-hybridized carbons (Fsp3) is 0.667. The van der Waals surface area contributed by atoms with Gasteiger partial charge < -0.3 is 9.73 Å². The molecule has 6 heteroatoms. The Kier molecular flexibility index (Phi) is 4.42. The molecule has 1 aromatic rings. The van der Waals surface area contributed by atoms with Crippen molar-refractivity contribution in [2.24, 2.45) is 5.92 Å². The van der Waals surface area contributed by atoms with Crippen molar-refractivity contribution in [3.8, 4) is 0 Å². The minimum Gasteiger partial charge on any atom is -0.472 e. The number of furan rings is 1. The second kappa shape index (κ2) is 5.86. The van der Waals surface area contributed by atoms with Crippen molar-refractivity contribution in [3.63, 3.8) is 0 Å². The van der Waals surface area contributed by atoms with Gasteiger partial charge in [-0.25, -0.2) is 12.7 Å². The molecule has 1 saturated heterocycles. The summed E-state index contributed by atoms with van der Waals surface area (Å²) in [5, 5.41) is 3.35. The third-order valence-corrected chi connectivity index (χ3v) is 4.56. The third-order valence-electron chi connectivity index (χ3n) is 3.29. The number of nitrogens with one attached hydrogen (secondary N) is 1. The minimum absolute atomic E-state index is 0.403. The van der Waals surface area contributed by atoms with Crippen LogP contribution in [0.3, 0.4) is 0 Å². The molecule has 2 rings (SSSR count). The van der Waals surface area contributed by atoms with Crippen molar-refractivity contribution in [2.75, 3.05) is 25.9 Å². The molecule has 5 nitrogen and oxygen atoms in total. The molecule has 0 saturated carbocycles. The Labute approximate surface area is 108 Å². The normalized spacial score (nSPS) is 22.2. The highest BCUT2D eigenvalue weighted by molar-refractivity contribution is 7.88. The van der Waals surface area contributed by atoms with E-state index in [1.807, 2.05) is 6.07 Å². The summed E-state index contributed by atoms with van der Waals surface area (Å²) in [6.07, 6.45) is 6.70. The van der Waals surface area contributed by atoms with Gasteiger partial charge in [0.15, 0.2) is 0 Å². The molecular weight excluding hydrogens is 252 g/mol. The van der Waals surface area contributed by atoms with Crippen LogP contribution in [0.25, 0.3) is 0 Å². The molecule has 0 aromatic carbocycles. The molecule has 1 N–H and O–H groups in total. The van der Waals surface area contributed by atoms with Crippen LogP contribution in [0.15, 0.2) is 23.0 Å². The minimum atomic E-state index is -3.04. The number of piperidine rings is 1. The van der Waals surface area contributed by atoms with Crippen LogP contribution in [0.2, 0.25) is 0 Å². The second-order valence-corrected chi connectivity index (χ2v) is 6.87. The van der Waals surface area contributed by atoms with Crippen LogP contribution in [0.4, 0.5) is 0 Å². The fourth-order valence-corrected chi connectivity index (χ4v) is 3.25. The van der Waals surface area contributed by atoms with E-state index in [1.54, 1.807) is 16.8 Å². The lowest BCUT2D eigenvalue weighted by Crippen LogP contribution is -2.42. The van der Waals surface area contributed by atoms with Gasteiger partial charge in [-0.3, -0.25) is 0 Å². The quantitative estimate of drug-likeness (QED) is 0.870. The van der Waals surface area contributed by atoms with Crippen LogP contribution >= 0.6 is 0 Å². The van der Waals surface area contributed by atoms with Crippen molar-refractivity contribution in [3.05, 3.63) is 24.2 Å².